The fraction of sp³-hybridized carbons (Fsp3) is 0.444. The fourth-order valence-electron chi connectivity index (χ4n) is 2.89. The van der Waals surface area contributed by atoms with Crippen LogP contribution in [-0.4, -0.2) is 35.2 Å². The summed E-state index contributed by atoms with van der Waals surface area (Å²) in [5.74, 6) is 1.17. The summed E-state index contributed by atoms with van der Waals surface area (Å²) >= 11 is 0. The lowest BCUT2D eigenvalue weighted by molar-refractivity contribution is -0.128. The maximum Gasteiger partial charge on any atom is 0.263 e. The van der Waals surface area contributed by atoms with Crippen molar-refractivity contribution in [3.8, 4) is 5.75 Å². The summed E-state index contributed by atoms with van der Waals surface area (Å²) in [5.41, 5.74) is 2.01. The predicted molar refractivity (Wildman–Crippen MR) is 93.0 cm³/mol. The van der Waals surface area contributed by atoms with Gasteiger partial charge in [-0.25, -0.2) is 4.98 Å². The van der Waals surface area contributed by atoms with Gasteiger partial charge in [-0.2, -0.15) is 0 Å². The molecule has 1 amide bonds. The van der Waals surface area contributed by atoms with Crippen molar-refractivity contribution in [1.82, 2.24) is 14.9 Å². The van der Waals surface area contributed by atoms with Gasteiger partial charge in [0.1, 0.15) is 5.75 Å². The molecule has 0 radical (unpaired) electrons. The highest BCUT2D eigenvalue weighted by atomic mass is 16.5. The number of likely N-dealkylation sites (N-methyl/N-ethyl adjacent to an activating group) is 1. The van der Waals surface area contributed by atoms with Crippen molar-refractivity contribution in [2.24, 2.45) is 5.92 Å². The Balaban J connectivity index is 1.61. The van der Waals surface area contributed by atoms with Crippen LogP contribution in [0.4, 0.5) is 5.69 Å². The SMILES string of the molecule is CC(C)Cn1cncc1CNC(=O)C1CN(C)c2ccccc2O1. The van der Waals surface area contributed by atoms with Crippen molar-refractivity contribution in [3.63, 3.8) is 0 Å². The first-order valence-corrected chi connectivity index (χ1v) is 8.28. The Morgan fingerprint density at radius 3 is 3.00 bits per heavy atom. The third kappa shape index (κ3) is 3.53. The number of rotatable bonds is 5. The second kappa shape index (κ2) is 6.95. The molecule has 0 saturated carbocycles. The van der Waals surface area contributed by atoms with Crippen LogP contribution in [-0.2, 0) is 17.9 Å². The minimum atomic E-state index is -0.508. The lowest BCUT2D eigenvalue weighted by Gasteiger charge is -2.32. The molecule has 3 rings (SSSR count). The average Bonchev–Trinajstić information content (AvgIpc) is 2.99. The van der Waals surface area contributed by atoms with E-state index in [1.165, 1.54) is 0 Å². The highest BCUT2D eigenvalue weighted by molar-refractivity contribution is 5.83. The molecule has 2 aromatic rings. The monoisotopic (exact) mass is 328 g/mol. The van der Waals surface area contributed by atoms with Gasteiger partial charge >= 0.3 is 0 Å². The predicted octanol–water partition coefficient (Wildman–Crippen LogP) is 2.05. The number of benzene rings is 1. The van der Waals surface area contributed by atoms with Gasteiger partial charge in [-0.3, -0.25) is 4.79 Å². The summed E-state index contributed by atoms with van der Waals surface area (Å²) in [5, 5.41) is 2.97. The Kier molecular flexibility index (Phi) is 4.74. The number of amides is 1. The highest BCUT2D eigenvalue weighted by Crippen LogP contribution is 2.31. The maximum absolute atomic E-state index is 12.5. The second-order valence-corrected chi connectivity index (χ2v) is 6.60. The molecule has 0 aliphatic carbocycles. The molecule has 1 atom stereocenters. The van der Waals surface area contributed by atoms with E-state index in [0.717, 1.165) is 23.7 Å². The summed E-state index contributed by atoms with van der Waals surface area (Å²) in [6.45, 7) is 6.20. The zero-order valence-electron chi connectivity index (χ0n) is 14.4. The van der Waals surface area contributed by atoms with E-state index in [1.807, 2.05) is 42.5 Å². The van der Waals surface area contributed by atoms with E-state index < -0.39 is 6.10 Å². The van der Waals surface area contributed by atoms with Crippen LogP contribution in [0.25, 0.3) is 0 Å². The van der Waals surface area contributed by atoms with E-state index in [2.05, 4.69) is 28.7 Å². The van der Waals surface area contributed by atoms with Crippen LogP contribution in [0.2, 0.25) is 0 Å². The van der Waals surface area contributed by atoms with Gasteiger partial charge in [0.25, 0.3) is 5.91 Å². The quantitative estimate of drug-likeness (QED) is 0.913. The fourth-order valence-corrected chi connectivity index (χ4v) is 2.89. The minimum Gasteiger partial charge on any atom is -0.477 e. The third-order valence-electron chi connectivity index (χ3n) is 4.08. The van der Waals surface area contributed by atoms with Crippen molar-refractivity contribution in [3.05, 3.63) is 42.5 Å². The number of ether oxygens (including phenoxy) is 1. The number of fused-ring (bicyclic) bond motifs is 1. The van der Waals surface area contributed by atoms with Crippen LogP contribution < -0.4 is 15.0 Å². The molecular formula is C18H24N4O2. The molecule has 6 nitrogen and oxygen atoms in total. The molecule has 6 heteroatoms. The van der Waals surface area contributed by atoms with Crippen LogP contribution >= 0.6 is 0 Å². The molecule has 128 valence electrons. The van der Waals surface area contributed by atoms with Crippen molar-refractivity contribution in [1.29, 1.82) is 0 Å². The summed E-state index contributed by atoms with van der Waals surface area (Å²) in [4.78, 5) is 18.7. The van der Waals surface area contributed by atoms with Crippen LogP contribution in [0, 0.1) is 5.92 Å². The van der Waals surface area contributed by atoms with Gasteiger partial charge in [0.2, 0.25) is 0 Å². The van der Waals surface area contributed by atoms with Gasteiger partial charge in [-0.15, -0.1) is 0 Å². The van der Waals surface area contributed by atoms with Crippen LogP contribution in [0.15, 0.2) is 36.8 Å². The van der Waals surface area contributed by atoms with Crippen molar-refractivity contribution < 1.29 is 9.53 Å². The summed E-state index contributed by atoms with van der Waals surface area (Å²) < 4.78 is 7.93. The number of hydrogen-bond donors (Lipinski definition) is 1. The highest BCUT2D eigenvalue weighted by Gasteiger charge is 2.28. The molecule has 1 aliphatic heterocycles. The number of para-hydroxylation sites is 2. The maximum atomic E-state index is 12.5. The number of nitrogens with zero attached hydrogens (tertiary/aromatic N) is 3. The molecule has 0 spiro atoms. The Hall–Kier alpha value is -2.50. The smallest absolute Gasteiger partial charge is 0.263 e. The first-order valence-electron chi connectivity index (χ1n) is 8.28. The summed E-state index contributed by atoms with van der Waals surface area (Å²) in [6.07, 6.45) is 3.10. The third-order valence-corrected chi connectivity index (χ3v) is 4.08. The largest absolute Gasteiger partial charge is 0.477 e. The average molecular weight is 328 g/mol. The zero-order chi connectivity index (χ0) is 17.1. The van der Waals surface area contributed by atoms with E-state index in [1.54, 1.807) is 6.20 Å². The second-order valence-electron chi connectivity index (χ2n) is 6.60. The van der Waals surface area contributed by atoms with Gasteiger partial charge in [-0.05, 0) is 18.1 Å². The van der Waals surface area contributed by atoms with E-state index in [4.69, 9.17) is 4.74 Å². The van der Waals surface area contributed by atoms with E-state index >= 15 is 0 Å². The zero-order valence-corrected chi connectivity index (χ0v) is 14.4. The molecule has 1 aromatic heterocycles. The minimum absolute atomic E-state index is 0.103. The van der Waals surface area contributed by atoms with Gasteiger partial charge < -0.3 is 19.5 Å². The van der Waals surface area contributed by atoms with Gasteiger partial charge in [0, 0.05) is 19.8 Å². The number of carbonyl (C=O) groups excluding carboxylic acids is 1. The number of carbonyl (C=O) groups is 1. The topological polar surface area (TPSA) is 59.4 Å². The Labute approximate surface area is 142 Å². The standard InChI is InChI=1S/C18H24N4O2/c1-13(2)10-22-12-19-8-14(22)9-20-18(23)17-11-21(3)15-6-4-5-7-16(15)24-17/h4-8,12-13,17H,9-11H2,1-3H3,(H,20,23). The molecule has 0 bridgehead atoms. The molecule has 0 saturated heterocycles. The molecule has 1 aliphatic rings. The van der Waals surface area contributed by atoms with E-state index in [-0.39, 0.29) is 5.91 Å². The number of anilines is 1. The number of hydrogen-bond acceptors (Lipinski definition) is 4. The summed E-state index contributed by atoms with van der Waals surface area (Å²) in [7, 11) is 1.97. The normalized spacial score (nSPS) is 16.7. The number of imidazole rings is 1. The molecule has 24 heavy (non-hydrogen) atoms. The molecule has 0 fully saturated rings. The van der Waals surface area contributed by atoms with Crippen molar-refractivity contribution in [2.75, 3.05) is 18.5 Å². The van der Waals surface area contributed by atoms with E-state index in [9.17, 15) is 4.79 Å². The van der Waals surface area contributed by atoms with Crippen molar-refractivity contribution in [2.45, 2.75) is 33.0 Å². The van der Waals surface area contributed by atoms with Gasteiger partial charge in [-0.1, -0.05) is 26.0 Å². The Morgan fingerprint density at radius 2 is 2.21 bits per heavy atom. The van der Waals surface area contributed by atoms with Crippen LogP contribution in [0.3, 0.4) is 0 Å². The van der Waals surface area contributed by atoms with E-state index in [0.29, 0.717) is 19.0 Å². The first-order chi connectivity index (χ1) is 11.5. The van der Waals surface area contributed by atoms with Crippen molar-refractivity contribution >= 4 is 11.6 Å². The van der Waals surface area contributed by atoms with Crippen LogP contribution in [0.5, 0.6) is 5.75 Å². The Morgan fingerprint density at radius 1 is 1.42 bits per heavy atom. The van der Waals surface area contributed by atoms with Gasteiger partial charge in [0.15, 0.2) is 6.10 Å². The molecule has 1 aromatic carbocycles. The molecule has 1 N–H and O–H groups in total. The number of nitrogens with one attached hydrogen (secondary N) is 1. The lowest BCUT2D eigenvalue weighted by atomic mass is 10.2. The number of aromatic nitrogens is 2. The van der Waals surface area contributed by atoms with Gasteiger partial charge in [0.05, 0.1) is 30.8 Å². The van der Waals surface area contributed by atoms with Crippen LogP contribution in [0.1, 0.15) is 19.5 Å². The lowest BCUT2D eigenvalue weighted by Crippen LogP contribution is -2.47. The first kappa shape index (κ1) is 16.4. The Bertz CT molecular complexity index is 711. The summed E-state index contributed by atoms with van der Waals surface area (Å²) in [6, 6.07) is 7.77. The molecule has 2 heterocycles. The molecular weight excluding hydrogens is 304 g/mol. The molecule has 1 unspecified atom stereocenters.